The predicted octanol–water partition coefficient (Wildman–Crippen LogP) is 0.429. The van der Waals surface area contributed by atoms with Crippen LogP contribution in [0.3, 0.4) is 0 Å². The van der Waals surface area contributed by atoms with Crippen molar-refractivity contribution in [3.8, 4) is 0 Å². The Morgan fingerprint density at radius 2 is 2.00 bits per heavy atom. The number of carbonyl (C=O) groups excluding carboxylic acids is 1. The molecule has 0 spiro atoms. The number of nitrogens with zero attached hydrogens (tertiary/aromatic N) is 1. The van der Waals surface area contributed by atoms with Crippen LogP contribution in [0.15, 0.2) is 30.3 Å². The zero-order valence-corrected chi connectivity index (χ0v) is 12.3. The molecule has 21 heavy (non-hydrogen) atoms. The molecule has 1 aliphatic heterocycles. The summed E-state index contributed by atoms with van der Waals surface area (Å²) in [4.78, 5) is 14.1. The van der Waals surface area contributed by atoms with E-state index in [2.05, 4.69) is 10.2 Å². The standard InChI is InChI=1S/C16H24N2O3/c19-15(7-6-14-4-2-1-3-5-14)16(20)17-8-9-18-10-12-21-13-11-18/h1-5,15,19H,6-13H2,(H,17,20). The van der Waals surface area contributed by atoms with Gasteiger partial charge in [-0.25, -0.2) is 0 Å². The largest absolute Gasteiger partial charge is 0.383 e. The van der Waals surface area contributed by atoms with Crippen LogP contribution in [-0.4, -0.2) is 61.4 Å². The molecule has 1 atom stereocenters. The van der Waals surface area contributed by atoms with Gasteiger partial charge in [0.1, 0.15) is 6.10 Å². The number of hydrogen-bond donors (Lipinski definition) is 2. The molecule has 0 bridgehead atoms. The summed E-state index contributed by atoms with van der Waals surface area (Å²) in [5, 5.41) is 12.7. The van der Waals surface area contributed by atoms with Gasteiger partial charge in [0.25, 0.3) is 0 Å². The molecule has 1 unspecified atom stereocenters. The third kappa shape index (κ3) is 5.83. The normalized spacial score (nSPS) is 17.4. The zero-order valence-electron chi connectivity index (χ0n) is 12.3. The SMILES string of the molecule is O=C(NCCN1CCOCC1)C(O)CCc1ccccc1. The van der Waals surface area contributed by atoms with E-state index in [0.29, 0.717) is 19.4 Å². The fourth-order valence-corrected chi connectivity index (χ4v) is 2.36. The topological polar surface area (TPSA) is 61.8 Å². The Kier molecular flexibility index (Phi) is 6.66. The number of ether oxygens (including phenoxy) is 1. The number of rotatable bonds is 7. The molecule has 0 radical (unpaired) electrons. The van der Waals surface area contributed by atoms with Gasteiger partial charge in [0.15, 0.2) is 0 Å². The molecule has 2 rings (SSSR count). The Morgan fingerprint density at radius 1 is 1.29 bits per heavy atom. The number of morpholine rings is 1. The molecule has 1 aromatic rings. The third-order valence-corrected chi connectivity index (χ3v) is 3.68. The molecule has 2 N–H and O–H groups in total. The van der Waals surface area contributed by atoms with Crippen LogP contribution in [0, 0.1) is 0 Å². The molecule has 1 heterocycles. The summed E-state index contributed by atoms with van der Waals surface area (Å²) in [7, 11) is 0. The second-order valence-electron chi connectivity index (χ2n) is 5.29. The summed E-state index contributed by atoms with van der Waals surface area (Å²) >= 11 is 0. The van der Waals surface area contributed by atoms with E-state index in [1.165, 1.54) is 0 Å². The summed E-state index contributed by atoms with van der Waals surface area (Å²) in [5.74, 6) is -0.279. The molecular weight excluding hydrogens is 268 g/mol. The first-order chi connectivity index (χ1) is 10.3. The molecule has 1 saturated heterocycles. The van der Waals surface area contributed by atoms with E-state index in [-0.39, 0.29) is 5.91 Å². The van der Waals surface area contributed by atoms with Crippen LogP contribution in [0.5, 0.6) is 0 Å². The lowest BCUT2D eigenvalue weighted by atomic mass is 10.1. The summed E-state index contributed by atoms with van der Waals surface area (Å²) in [6.45, 7) is 4.71. The fraction of sp³-hybridized carbons (Fsp3) is 0.562. The molecule has 1 aromatic carbocycles. The first-order valence-electron chi connectivity index (χ1n) is 7.55. The average Bonchev–Trinajstić information content (AvgIpc) is 2.54. The van der Waals surface area contributed by atoms with Crippen molar-refractivity contribution in [1.29, 1.82) is 0 Å². The molecule has 1 fully saturated rings. The van der Waals surface area contributed by atoms with Crippen LogP contribution >= 0.6 is 0 Å². The minimum absolute atomic E-state index is 0.279. The van der Waals surface area contributed by atoms with E-state index in [1.807, 2.05) is 30.3 Å². The van der Waals surface area contributed by atoms with Crippen molar-refractivity contribution in [2.24, 2.45) is 0 Å². The van der Waals surface area contributed by atoms with Gasteiger partial charge in [-0.3, -0.25) is 9.69 Å². The van der Waals surface area contributed by atoms with Crippen LogP contribution in [0.4, 0.5) is 0 Å². The van der Waals surface area contributed by atoms with Gasteiger partial charge in [-0.2, -0.15) is 0 Å². The van der Waals surface area contributed by atoms with Crippen molar-refractivity contribution in [3.63, 3.8) is 0 Å². The van der Waals surface area contributed by atoms with Crippen LogP contribution < -0.4 is 5.32 Å². The van der Waals surface area contributed by atoms with Gasteiger partial charge < -0.3 is 15.2 Å². The number of benzene rings is 1. The number of nitrogens with one attached hydrogen (secondary N) is 1. The predicted molar refractivity (Wildman–Crippen MR) is 81.0 cm³/mol. The minimum Gasteiger partial charge on any atom is -0.383 e. The number of aliphatic hydroxyl groups excluding tert-OH is 1. The number of hydrogen-bond acceptors (Lipinski definition) is 4. The first kappa shape index (κ1) is 15.9. The molecule has 116 valence electrons. The molecule has 0 saturated carbocycles. The van der Waals surface area contributed by atoms with Gasteiger partial charge in [0, 0.05) is 26.2 Å². The maximum absolute atomic E-state index is 11.8. The van der Waals surface area contributed by atoms with Gasteiger partial charge in [-0.1, -0.05) is 30.3 Å². The van der Waals surface area contributed by atoms with Crippen molar-refractivity contribution < 1.29 is 14.6 Å². The van der Waals surface area contributed by atoms with Gasteiger partial charge in [-0.05, 0) is 18.4 Å². The molecule has 0 aliphatic carbocycles. The highest BCUT2D eigenvalue weighted by molar-refractivity contribution is 5.80. The van der Waals surface area contributed by atoms with E-state index >= 15 is 0 Å². The van der Waals surface area contributed by atoms with Crippen LogP contribution in [0.2, 0.25) is 0 Å². The molecule has 1 aliphatic rings. The van der Waals surface area contributed by atoms with E-state index < -0.39 is 6.10 Å². The third-order valence-electron chi connectivity index (χ3n) is 3.68. The molecular formula is C16H24N2O3. The summed E-state index contributed by atoms with van der Waals surface area (Å²) in [6, 6.07) is 9.89. The smallest absolute Gasteiger partial charge is 0.248 e. The quantitative estimate of drug-likeness (QED) is 0.765. The maximum Gasteiger partial charge on any atom is 0.248 e. The molecule has 0 aromatic heterocycles. The van der Waals surface area contributed by atoms with Gasteiger partial charge >= 0.3 is 0 Å². The second kappa shape index (κ2) is 8.77. The first-order valence-corrected chi connectivity index (χ1v) is 7.55. The van der Waals surface area contributed by atoms with Crippen LogP contribution in [0.1, 0.15) is 12.0 Å². The van der Waals surface area contributed by atoms with E-state index in [1.54, 1.807) is 0 Å². The lowest BCUT2D eigenvalue weighted by Gasteiger charge is -2.26. The van der Waals surface area contributed by atoms with E-state index in [4.69, 9.17) is 4.74 Å². The highest BCUT2D eigenvalue weighted by Crippen LogP contribution is 2.05. The zero-order chi connectivity index (χ0) is 14.9. The Balaban J connectivity index is 1.60. The lowest BCUT2D eigenvalue weighted by Crippen LogP contribution is -2.43. The maximum atomic E-state index is 11.8. The summed E-state index contributed by atoms with van der Waals surface area (Å²) in [5.41, 5.74) is 1.14. The van der Waals surface area contributed by atoms with E-state index in [0.717, 1.165) is 38.4 Å². The highest BCUT2D eigenvalue weighted by Gasteiger charge is 2.15. The Hall–Kier alpha value is -1.43. The second-order valence-corrected chi connectivity index (χ2v) is 5.29. The monoisotopic (exact) mass is 292 g/mol. The van der Waals surface area contributed by atoms with Gasteiger partial charge in [-0.15, -0.1) is 0 Å². The molecule has 5 nitrogen and oxygen atoms in total. The van der Waals surface area contributed by atoms with Crippen molar-refractivity contribution in [2.45, 2.75) is 18.9 Å². The number of amides is 1. The highest BCUT2D eigenvalue weighted by atomic mass is 16.5. The number of aliphatic hydroxyl groups is 1. The van der Waals surface area contributed by atoms with Crippen LogP contribution in [-0.2, 0) is 16.0 Å². The van der Waals surface area contributed by atoms with Crippen molar-refractivity contribution in [2.75, 3.05) is 39.4 Å². The fourth-order valence-electron chi connectivity index (χ4n) is 2.36. The summed E-state index contributed by atoms with van der Waals surface area (Å²) in [6.07, 6.45) is 0.224. The lowest BCUT2D eigenvalue weighted by molar-refractivity contribution is -0.129. The average molecular weight is 292 g/mol. The Labute approximate surface area is 125 Å². The Bertz CT molecular complexity index is 419. The van der Waals surface area contributed by atoms with Gasteiger partial charge in [0.2, 0.25) is 5.91 Å². The van der Waals surface area contributed by atoms with Crippen molar-refractivity contribution in [1.82, 2.24) is 10.2 Å². The molecule has 1 amide bonds. The minimum atomic E-state index is -0.935. The van der Waals surface area contributed by atoms with Crippen molar-refractivity contribution >= 4 is 5.91 Å². The van der Waals surface area contributed by atoms with Crippen LogP contribution in [0.25, 0.3) is 0 Å². The molecule has 5 heteroatoms. The Morgan fingerprint density at radius 3 is 2.71 bits per heavy atom. The van der Waals surface area contributed by atoms with E-state index in [9.17, 15) is 9.90 Å². The number of carbonyl (C=O) groups is 1. The number of aryl methyl sites for hydroxylation is 1. The van der Waals surface area contributed by atoms with Gasteiger partial charge in [0.05, 0.1) is 13.2 Å². The van der Waals surface area contributed by atoms with Crippen molar-refractivity contribution in [3.05, 3.63) is 35.9 Å². The summed E-state index contributed by atoms with van der Waals surface area (Å²) < 4.78 is 5.27.